The van der Waals surface area contributed by atoms with Crippen LogP contribution in [0.25, 0.3) is 0 Å². The van der Waals surface area contributed by atoms with Crippen molar-refractivity contribution in [3.63, 3.8) is 0 Å². The molecule has 0 aromatic heterocycles. The molecule has 3 nitrogen and oxygen atoms in total. The molecule has 0 unspecified atom stereocenters. The summed E-state index contributed by atoms with van der Waals surface area (Å²) < 4.78 is 11.8. The molecule has 1 aliphatic rings. The molecule has 0 saturated carbocycles. The van der Waals surface area contributed by atoms with E-state index in [2.05, 4.69) is 52.4 Å². The first-order valence-electron chi connectivity index (χ1n) is 7.11. The van der Waals surface area contributed by atoms with Crippen LogP contribution in [0.4, 0.5) is 5.69 Å². The van der Waals surface area contributed by atoms with Crippen molar-refractivity contribution in [2.75, 3.05) is 12.1 Å². The van der Waals surface area contributed by atoms with E-state index < -0.39 is 0 Å². The summed E-state index contributed by atoms with van der Waals surface area (Å²) in [6.07, 6.45) is 2.08. The molecular weight excluding hydrogens is 330 g/mol. The number of aryl methyl sites for hydroxylation is 1. The predicted octanol–water partition coefficient (Wildman–Crippen LogP) is 4.61. The number of ether oxygens (including phenoxy) is 2. The Hall–Kier alpha value is -1.68. The van der Waals surface area contributed by atoms with E-state index in [0.717, 1.165) is 34.5 Å². The second-order valence-corrected chi connectivity index (χ2v) is 6.19. The van der Waals surface area contributed by atoms with E-state index >= 15 is 0 Å². The van der Waals surface area contributed by atoms with Gasteiger partial charge in [0, 0.05) is 16.2 Å². The van der Waals surface area contributed by atoms with Crippen molar-refractivity contribution < 1.29 is 9.47 Å². The number of fused-ring (bicyclic) bond motifs is 1. The van der Waals surface area contributed by atoms with Crippen molar-refractivity contribution in [3.8, 4) is 11.5 Å². The minimum atomic E-state index is 0.334. The molecule has 0 saturated heterocycles. The van der Waals surface area contributed by atoms with Crippen LogP contribution in [0.15, 0.2) is 46.9 Å². The first-order chi connectivity index (χ1) is 10.2. The maximum Gasteiger partial charge on any atom is 0.231 e. The normalized spacial score (nSPS) is 14.0. The lowest BCUT2D eigenvalue weighted by atomic mass is 10.1. The van der Waals surface area contributed by atoms with Crippen LogP contribution in [0.1, 0.15) is 18.9 Å². The monoisotopic (exact) mass is 347 g/mol. The molecule has 1 N–H and O–H groups in total. The Bertz CT molecular complexity index is 613. The maximum absolute atomic E-state index is 5.41. The van der Waals surface area contributed by atoms with Gasteiger partial charge in [0.2, 0.25) is 6.79 Å². The van der Waals surface area contributed by atoms with Crippen LogP contribution in [-0.2, 0) is 6.42 Å². The van der Waals surface area contributed by atoms with Gasteiger partial charge in [-0.05, 0) is 61.7 Å². The molecule has 110 valence electrons. The van der Waals surface area contributed by atoms with Gasteiger partial charge in [-0.15, -0.1) is 0 Å². The molecule has 4 heteroatoms. The summed E-state index contributed by atoms with van der Waals surface area (Å²) in [5.41, 5.74) is 2.43. The van der Waals surface area contributed by atoms with E-state index in [0.29, 0.717) is 12.8 Å². The van der Waals surface area contributed by atoms with Crippen molar-refractivity contribution in [1.82, 2.24) is 0 Å². The molecule has 2 aromatic rings. The summed E-state index contributed by atoms with van der Waals surface area (Å²) in [5.74, 6) is 1.71. The number of benzene rings is 2. The fraction of sp³-hybridized carbons (Fsp3) is 0.294. The van der Waals surface area contributed by atoms with Gasteiger partial charge in [-0.2, -0.15) is 0 Å². The Morgan fingerprint density at radius 2 is 1.86 bits per heavy atom. The average Bonchev–Trinajstić information content (AvgIpc) is 2.95. The lowest BCUT2D eigenvalue weighted by Gasteiger charge is -2.15. The van der Waals surface area contributed by atoms with Crippen LogP contribution in [0.3, 0.4) is 0 Å². The van der Waals surface area contributed by atoms with Gasteiger partial charge >= 0.3 is 0 Å². The van der Waals surface area contributed by atoms with Gasteiger partial charge in [0.25, 0.3) is 0 Å². The zero-order valence-corrected chi connectivity index (χ0v) is 13.5. The van der Waals surface area contributed by atoms with Gasteiger partial charge in [0.1, 0.15) is 0 Å². The lowest BCUT2D eigenvalue weighted by molar-refractivity contribution is 0.174. The highest BCUT2D eigenvalue weighted by atomic mass is 79.9. The second-order valence-electron chi connectivity index (χ2n) is 5.28. The number of hydrogen-bond donors (Lipinski definition) is 1. The van der Waals surface area contributed by atoms with E-state index in [-0.39, 0.29) is 0 Å². The SMILES string of the molecule is C[C@H](CCc1ccc2c(c1)OCO2)Nc1ccc(Br)cc1. The van der Waals surface area contributed by atoms with Gasteiger partial charge in [0.05, 0.1) is 0 Å². The second kappa shape index (κ2) is 6.39. The van der Waals surface area contributed by atoms with Gasteiger partial charge in [-0.3, -0.25) is 0 Å². The van der Waals surface area contributed by atoms with Crippen molar-refractivity contribution in [2.24, 2.45) is 0 Å². The zero-order valence-electron chi connectivity index (χ0n) is 11.9. The quantitative estimate of drug-likeness (QED) is 0.856. The Morgan fingerprint density at radius 3 is 2.67 bits per heavy atom. The summed E-state index contributed by atoms with van der Waals surface area (Å²) in [6, 6.07) is 14.9. The maximum atomic E-state index is 5.41. The first kappa shape index (κ1) is 14.3. The number of hydrogen-bond acceptors (Lipinski definition) is 3. The van der Waals surface area contributed by atoms with E-state index in [4.69, 9.17) is 9.47 Å². The first-order valence-corrected chi connectivity index (χ1v) is 7.90. The summed E-state index contributed by atoms with van der Waals surface area (Å²) in [5, 5.41) is 3.51. The molecular formula is C17H18BrNO2. The van der Waals surface area contributed by atoms with Crippen LogP contribution in [0.2, 0.25) is 0 Å². The topological polar surface area (TPSA) is 30.5 Å². The third-order valence-corrected chi connectivity index (χ3v) is 4.09. The summed E-state index contributed by atoms with van der Waals surface area (Å²) >= 11 is 3.45. The standard InChI is InChI=1S/C17H18BrNO2/c1-12(19-15-7-5-14(18)6-8-15)2-3-13-4-9-16-17(10-13)21-11-20-16/h4-10,12,19H,2-3,11H2,1H3/t12-/m1/s1. The Kier molecular flexibility index (Phi) is 4.34. The number of nitrogens with one attached hydrogen (secondary N) is 1. The highest BCUT2D eigenvalue weighted by molar-refractivity contribution is 9.10. The smallest absolute Gasteiger partial charge is 0.231 e. The molecule has 0 aliphatic carbocycles. The molecule has 2 aromatic carbocycles. The minimum absolute atomic E-state index is 0.334. The highest BCUT2D eigenvalue weighted by Crippen LogP contribution is 2.32. The summed E-state index contributed by atoms with van der Waals surface area (Å²) in [7, 11) is 0. The van der Waals surface area contributed by atoms with E-state index in [1.807, 2.05) is 18.2 Å². The zero-order chi connectivity index (χ0) is 14.7. The van der Waals surface area contributed by atoms with Crippen LogP contribution >= 0.6 is 15.9 Å². The molecule has 0 amide bonds. The van der Waals surface area contributed by atoms with Crippen molar-refractivity contribution in [2.45, 2.75) is 25.8 Å². The molecule has 21 heavy (non-hydrogen) atoms. The van der Waals surface area contributed by atoms with Gasteiger partial charge < -0.3 is 14.8 Å². The Morgan fingerprint density at radius 1 is 1.10 bits per heavy atom. The van der Waals surface area contributed by atoms with Gasteiger partial charge in [-0.25, -0.2) is 0 Å². The molecule has 1 heterocycles. The molecule has 0 bridgehead atoms. The molecule has 0 spiro atoms. The van der Waals surface area contributed by atoms with Crippen molar-refractivity contribution in [3.05, 3.63) is 52.5 Å². The predicted molar refractivity (Wildman–Crippen MR) is 88.1 cm³/mol. The average molecular weight is 348 g/mol. The molecule has 3 rings (SSSR count). The fourth-order valence-corrected chi connectivity index (χ4v) is 2.65. The molecule has 1 atom stereocenters. The van der Waals surface area contributed by atoms with E-state index in [1.165, 1.54) is 5.56 Å². The third-order valence-electron chi connectivity index (χ3n) is 3.56. The lowest BCUT2D eigenvalue weighted by Crippen LogP contribution is -2.15. The van der Waals surface area contributed by atoms with Crippen LogP contribution in [-0.4, -0.2) is 12.8 Å². The van der Waals surface area contributed by atoms with Gasteiger partial charge in [0.15, 0.2) is 11.5 Å². The van der Waals surface area contributed by atoms with Crippen LogP contribution in [0.5, 0.6) is 11.5 Å². The number of rotatable bonds is 5. The van der Waals surface area contributed by atoms with Crippen LogP contribution < -0.4 is 14.8 Å². The van der Waals surface area contributed by atoms with Crippen LogP contribution in [0, 0.1) is 0 Å². The molecule has 1 aliphatic heterocycles. The van der Waals surface area contributed by atoms with E-state index in [9.17, 15) is 0 Å². The largest absolute Gasteiger partial charge is 0.454 e. The molecule has 0 radical (unpaired) electrons. The number of halogens is 1. The van der Waals surface area contributed by atoms with Crippen molar-refractivity contribution >= 4 is 21.6 Å². The van der Waals surface area contributed by atoms with Gasteiger partial charge in [-0.1, -0.05) is 22.0 Å². The highest BCUT2D eigenvalue weighted by Gasteiger charge is 2.13. The Balaban J connectivity index is 1.53. The Labute approximate surface area is 133 Å². The number of anilines is 1. The minimum Gasteiger partial charge on any atom is -0.454 e. The molecule has 0 fully saturated rings. The summed E-state index contributed by atoms with van der Waals surface area (Å²) in [4.78, 5) is 0. The van der Waals surface area contributed by atoms with Crippen molar-refractivity contribution in [1.29, 1.82) is 0 Å². The third kappa shape index (κ3) is 3.70. The summed E-state index contributed by atoms with van der Waals surface area (Å²) in [6.45, 7) is 2.54. The fourth-order valence-electron chi connectivity index (χ4n) is 2.38. The van der Waals surface area contributed by atoms with E-state index in [1.54, 1.807) is 0 Å².